The molecule has 0 unspecified atom stereocenters. The number of carbonyl (C=O) groups is 1. The third-order valence-corrected chi connectivity index (χ3v) is 5.40. The Balaban J connectivity index is 1.37. The third-order valence-electron chi connectivity index (χ3n) is 5.40. The van der Waals surface area contributed by atoms with Gasteiger partial charge in [0, 0.05) is 34.5 Å². The standard InChI is InChI=1S/C26H23N3O4/c1-16-3-5-17(6-4-16)22-15-24(31-2)20-13-18(7-9-21(20)29-22)27-26(30)28-19-8-10-23-25(14-19)33-12-11-32-23/h3-10,13-15H,11-12H2,1-2H3,(H2,27,28,30). The van der Waals surface area contributed by atoms with Gasteiger partial charge in [0.05, 0.1) is 18.3 Å². The van der Waals surface area contributed by atoms with Crippen molar-refractivity contribution in [2.75, 3.05) is 31.0 Å². The van der Waals surface area contributed by atoms with Crippen LogP contribution >= 0.6 is 0 Å². The lowest BCUT2D eigenvalue weighted by molar-refractivity contribution is 0.171. The first-order valence-electron chi connectivity index (χ1n) is 10.6. The van der Waals surface area contributed by atoms with Gasteiger partial charge in [-0.1, -0.05) is 29.8 Å². The highest BCUT2D eigenvalue weighted by molar-refractivity contribution is 6.01. The average molecular weight is 441 g/mol. The van der Waals surface area contributed by atoms with Gasteiger partial charge in [0.15, 0.2) is 11.5 Å². The molecule has 2 amide bonds. The minimum atomic E-state index is -0.366. The number of pyridine rings is 1. The molecule has 5 rings (SSSR count). The monoisotopic (exact) mass is 441 g/mol. The van der Waals surface area contributed by atoms with Crippen molar-refractivity contribution in [1.82, 2.24) is 4.98 Å². The molecule has 1 aromatic heterocycles. The smallest absolute Gasteiger partial charge is 0.323 e. The number of fused-ring (bicyclic) bond motifs is 2. The summed E-state index contributed by atoms with van der Waals surface area (Å²) in [5, 5.41) is 6.49. The maximum absolute atomic E-state index is 12.6. The van der Waals surface area contributed by atoms with Crippen molar-refractivity contribution < 1.29 is 19.0 Å². The number of nitrogens with one attached hydrogen (secondary N) is 2. The maximum atomic E-state index is 12.6. The number of urea groups is 1. The van der Waals surface area contributed by atoms with Crippen LogP contribution in [0.15, 0.2) is 66.7 Å². The number of rotatable bonds is 4. The number of aryl methyl sites for hydroxylation is 1. The van der Waals surface area contributed by atoms with Gasteiger partial charge in [-0.3, -0.25) is 0 Å². The van der Waals surface area contributed by atoms with E-state index < -0.39 is 0 Å². The lowest BCUT2D eigenvalue weighted by Crippen LogP contribution is -2.20. The molecule has 3 aromatic carbocycles. The number of hydrogen-bond acceptors (Lipinski definition) is 5. The Labute approximate surface area is 191 Å². The van der Waals surface area contributed by atoms with Crippen LogP contribution < -0.4 is 24.8 Å². The van der Waals surface area contributed by atoms with Gasteiger partial charge in [-0.2, -0.15) is 0 Å². The summed E-state index contributed by atoms with van der Waals surface area (Å²) in [6.45, 7) is 3.06. The fourth-order valence-corrected chi connectivity index (χ4v) is 3.73. The summed E-state index contributed by atoms with van der Waals surface area (Å²) in [5.74, 6) is 1.97. The molecule has 0 bridgehead atoms. The van der Waals surface area contributed by atoms with Gasteiger partial charge < -0.3 is 24.8 Å². The summed E-state index contributed by atoms with van der Waals surface area (Å²) in [6, 6.07) is 20.6. The minimum absolute atomic E-state index is 0.366. The van der Waals surface area contributed by atoms with Crippen LogP contribution in [0.5, 0.6) is 17.2 Å². The topological polar surface area (TPSA) is 81.7 Å². The molecule has 0 spiro atoms. The molecule has 0 fully saturated rings. The van der Waals surface area contributed by atoms with E-state index in [9.17, 15) is 4.79 Å². The van der Waals surface area contributed by atoms with Gasteiger partial charge in [0.2, 0.25) is 0 Å². The van der Waals surface area contributed by atoms with Crippen LogP contribution in [-0.4, -0.2) is 31.3 Å². The fourth-order valence-electron chi connectivity index (χ4n) is 3.73. The van der Waals surface area contributed by atoms with Crippen molar-refractivity contribution in [2.24, 2.45) is 0 Å². The van der Waals surface area contributed by atoms with Crippen molar-refractivity contribution in [2.45, 2.75) is 6.92 Å². The van der Waals surface area contributed by atoms with E-state index in [1.807, 2.05) is 36.4 Å². The molecule has 1 aliphatic heterocycles. The van der Waals surface area contributed by atoms with Crippen LogP contribution in [0.3, 0.4) is 0 Å². The van der Waals surface area contributed by atoms with E-state index in [1.165, 1.54) is 5.56 Å². The second-order valence-corrected chi connectivity index (χ2v) is 7.75. The first-order valence-corrected chi connectivity index (χ1v) is 10.6. The zero-order valence-corrected chi connectivity index (χ0v) is 18.3. The fraction of sp³-hybridized carbons (Fsp3) is 0.154. The molecule has 7 heteroatoms. The van der Waals surface area contributed by atoms with E-state index in [1.54, 1.807) is 25.3 Å². The normalized spacial score (nSPS) is 12.3. The molecular formula is C26H23N3O4. The molecule has 2 heterocycles. The number of aromatic nitrogens is 1. The van der Waals surface area contributed by atoms with Crippen LogP contribution in [-0.2, 0) is 0 Å². The first-order chi connectivity index (χ1) is 16.1. The summed E-state index contributed by atoms with van der Waals surface area (Å²) < 4.78 is 16.7. The number of nitrogens with zero attached hydrogens (tertiary/aromatic N) is 1. The van der Waals surface area contributed by atoms with Crippen molar-refractivity contribution in [3.05, 3.63) is 72.3 Å². The number of methoxy groups -OCH3 is 1. The maximum Gasteiger partial charge on any atom is 0.323 e. The summed E-state index contributed by atoms with van der Waals surface area (Å²) >= 11 is 0. The van der Waals surface area contributed by atoms with Gasteiger partial charge in [0.25, 0.3) is 0 Å². The molecule has 2 N–H and O–H groups in total. The minimum Gasteiger partial charge on any atom is -0.496 e. The number of carbonyl (C=O) groups excluding carboxylic acids is 1. The van der Waals surface area contributed by atoms with Gasteiger partial charge in [-0.05, 0) is 37.3 Å². The highest BCUT2D eigenvalue weighted by Crippen LogP contribution is 2.33. The third kappa shape index (κ3) is 4.39. The van der Waals surface area contributed by atoms with Gasteiger partial charge in [0.1, 0.15) is 19.0 Å². The number of ether oxygens (including phenoxy) is 3. The van der Waals surface area contributed by atoms with Crippen LogP contribution in [0.25, 0.3) is 22.2 Å². The molecule has 0 aliphatic carbocycles. The highest BCUT2D eigenvalue weighted by Gasteiger charge is 2.14. The second-order valence-electron chi connectivity index (χ2n) is 7.75. The van der Waals surface area contributed by atoms with Crippen LogP contribution in [0, 0.1) is 6.92 Å². The van der Waals surface area contributed by atoms with Gasteiger partial charge >= 0.3 is 6.03 Å². The summed E-state index contributed by atoms with van der Waals surface area (Å²) in [4.78, 5) is 17.3. The molecule has 0 radical (unpaired) electrons. The van der Waals surface area contributed by atoms with Gasteiger partial charge in [-0.25, -0.2) is 9.78 Å². The molecular weight excluding hydrogens is 418 g/mol. The summed E-state index contributed by atoms with van der Waals surface area (Å²) in [7, 11) is 1.63. The Morgan fingerprint density at radius 2 is 1.58 bits per heavy atom. The largest absolute Gasteiger partial charge is 0.496 e. The summed E-state index contributed by atoms with van der Waals surface area (Å²) in [6.07, 6.45) is 0. The number of hydrogen-bond donors (Lipinski definition) is 2. The van der Waals surface area contributed by atoms with E-state index in [0.717, 1.165) is 22.2 Å². The van der Waals surface area contributed by atoms with Crippen LogP contribution in [0.1, 0.15) is 5.56 Å². The van der Waals surface area contributed by atoms with E-state index in [-0.39, 0.29) is 6.03 Å². The van der Waals surface area contributed by atoms with Crippen LogP contribution in [0.4, 0.5) is 16.2 Å². The van der Waals surface area contributed by atoms with E-state index >= 15 is 0 Å². The predicted octanol–water partition coefficient (Wildman–Crippen LogP) is 5.63. The molecule has 0 saturated carbocycles. The Morgan fingerprint density at radius 3 is 2.33 bits per heavy atom. The number of benzene rings is 3. The number of amides is 2. The molecule has 0 saturated heterocycles. The Morgan fingerprint density at radius 1 is 0.879 bits per heavy atom. The SMILES string of the molecule is COc1cc(-c2ccc(C)cc2)nc2ccc(NC(=O)Nc3ccc4c(c3)OCCO4)cc12. The molecule has 4 aromatic rings. The van der Waals surface area contributed by atoms with Crippen molar-refractivity contribution in [3.63, 3.8) is 0 Å². The molecule has 7 nitrogen and oxygen atoms in total. The highest BCUT2D eigenvalue weighted by atomic mass is 16.6. The number of anilines is 2. The average Bonchev–Trinajstić information content (AvgIpc) is 2.83. The molecule has 1 aliphatic rings. The van der Waals surface area contributed by atoms with E-state index in [4.69, 9.17) is 19.2 Å². The zero-order chi connectivity index (χ0) is 22.8. The quantitative estimate of drug-likeness (QED) is 0.429. The van der Waals surface area contributed by atoms with E-state index in [0.29, 0.717) is 41.8 Å². The van der Waals surface area contributed by atoms with Crippen LogP contribution in [0.2, 0.25) is 0 Å². The lowest BCUT2D eigenvalue weighted by Gasteiger charge is -2.19. The first kappa shape index (κ1) is 20.6. The second kappa shape index (κ2) is 8.70. The molecule has 33 heavy (non-hydrogen) atoms. The van der Waals surface area contributed by atoms with Gasteiger partial charge in [-0.15, -0.1) is 0 Å². The summed E-state index contributed by atoms with van der Waals surface area (Å²) in [5.41, 5.74) is 5.05. The molecule has 0 atom stereocenters. The Hall–Kier alpha value is -4.26. The lowest BCUT2D eigenvalue weighted by atomic mass is 10.1. The predicted molar refractivity (Wildman–Crippen MR) is 129 cm³/mol. The Kier molecular flexibility index (Phi) is 5.44. The van der Waals surface area contributed by atoms with Crippen molar-refractivity contribution >= 4 is 28.3 Å². The Bertz CT molecular complexity index is 1340. The van der Waals surface area contributed by atoms with E-state index in [2.05, 4.69) is 29.7 Å². The molecule has 166 valence electrons. The van der Waals surface area contributed by atoms with Crippen molar-refractivity contribution in [1.29, 1.82) is 0 Å². The zero-order valence-electron chi connectivity index (χ0n) is 18.3. The van der Waals surface area contributed by atoms with Crippen molar-refractivity contribution in [3.8, 4) is 28.5 Å².